The van der Waals surface area contributed by atoms with Crippen molar-refractivity contribution in [3.05, 3.63) is 107 Å². The van der Waals surface area contributed by atoms with E-state index in [-0.39, 0.29) is 18.6 Å². The van der Waals surface area contributed by atoms with Crippen molar-refractivity contribution in [2.45, 2.75) is 18.9 Å². The number of hydrogen-bond donors (Lipinski definition) is 2. The van der Waals surface area contributed by atoms with Gasteiger partial charge in [-0.3, -0.25) is 4.79 Å². The number of amides is 1. The molecule has 3 rings (SSSR count). The van der Waals surface area contributed by atoms with E-state index in [2.05, 4.69) is 5.32 Å². The molecule has 0 bridgehead atoms. The number of carbonyl (C=O) groups excluding carboxylic acids is 1. The van der Waals surface area contributed by atoms with E-state index in [1.165, 1.54) is 5.56 Å². The molecular formula is C23H23NO2. The van der Waals surface area contributed by atoms with Gasteiger partial charge in [-0.25, -0.2) is 0 Å². The van der Waals surface area contributed by atoms with Crippen molar-refractivity contribution in [3.63, 3.8) is 0 Å². The molecule has 132 valence electrons. The summed E-state index contributed by atoms with van der Waals surface area (Å²) < 4.78 is 0. The molecule has 0 aliphatic rings. The van der Waals surface area contributed by atoms with Gasteiger partial charge in [0.2, 0.25) is 5.91 Å². The first kappa shape index (κ1) is 17.9. The molecule has 0 fully saturated rings. The predicted molar refractivity (Wildman–Crippen MR) is 104 cm³/mol. The van der Waals surface area contributed by atoms with Gasteiger partial charge in [0.05, 0.1) is 18.6 Å². The summed E-state index contributed by atoms with van der Waals surface area (Å²) in [5.41, 5.74) is 4.00. The Balaban J connectivity index is 1.90. The fourth-order valence-electron chi connectivity index (χ4n) is 3.03. The maximum atomic E-state index is 12.9. The molecule has 0 spiro atoms. The van der Waals surface area contributed by atoms with Crippen LogP contribution in [-0.4, -0.2) is 17.6 Å². The summed E-state index contributed by atoms with van der Waals surface area (Å²) in [5.74, 6) is -0.777. The molecule has 0 heterocycles. The lowest BCUT2D eigenvalue weighted by Gasteiger charge is -2.23. The third-order valence-electron chi connectivity index (χ3n) is 4.53. The Kier molecular flexibility index (Phi) is 5.82. The second-order valence-corrected chi connectivity index (χ2v) is 6.41. The molecule has 3 heteroatoms. The smallest absolute Gasteiger partial charge is 0.230 e. The van der Waals surface area contributed by atoms with Gasteiger partial charge in [0.25, 0.3) is 0 Å². The summed E-state index contributed by atoms with van der Waals surface area (Å²) in [7, 11) is 0. The van der Waals surface area contributed by atoms with Gasteiger partial charge < -0.3 is 10.4 Å². The fourth-order valence-corrected chi connectivity index (χ4v) is 3.03. The van der Waals surface area contributed by atoms with E-state index >= 15 is 0 Å². The molecule has 3 nitrogen and oxygen atoms in total. The zero-order chi connectivity index (χ0) is 18.4. The summed E-state index contributed by atoms with van der Waals surface area (Å²) in [5, 5.41) is 12.9. The number of rotatable bonds is 6. The number of aryl methyl sites for hydroxylation is 1. The van der Waals surface area contributed by atoms with Gasteiger partial charge >= 0.3 is 0 Å². The van der Waals surface area contributed by atoms with Crippen molar-refractivity contribution >= 4 is 5.91 Å². The molecule has 0 aromatic heterocycles. The quantitative estimate of drug-likeness (QED) is 0.710. The monoisotopic (exact) mass is 345 g/mol. The van der Waals surface area contributed by atoms with Crippen LogP contribution in [-0.2, 0) is 4.79 Å². The third-order valence-corrected chi connectivity index (χ3v) is 4.53. The van der Waals surface area contributed by atoms with Crippen LogP contribution in [0.2, 0.25) is 0 Å². The van der Waals surface area contributed by atoms with Crippen LogP contribution in [0.4, 0.5) is 0 Å². The van der Waals surface area contributed by atoms with Crippen molar-refractivity contribution in [3.8, 4) is 0 Å². The van der Waals surface area contributed by atoms with E-state index in [0.29, 0.717) is 0 Å². The van der Waals surface area contributed by atoms with Crippen LogP contribution >= 0.6 is 0 Å². The van der Waals surface area contributed by atoms with E-state index in [1.807, 2.05) is 91.9 Å². The van der Waals surface area contributed by atoms with E-state index < -0.39 is 5.92 Å². The zero-order valence-corrected chi connectivity index (χ0v) is 14.8. The molecule has 1 amide bonds. The fraction of sp³-hybridized carbons (Fsp3) is 0.174. The van der Waals surface area contributed by atoms with Crippen LogP contribution in [0.25, 0.3) is 0 Å². The van der Waals surface area contributed by atoms with Crippen molar-refractivity contribution in [1.82, 2.24) is 5.32 Å². The number of aliphatic hydroxyl groups is 1. The largest absolute Gasteiger partial charge is 0.395 e. The molecular weight excluding hydrogens is 322 g/mol. The molecule has 0 saturated heterocycles. The number of carbonyl (C=O) groups is 1. The third kappa shape index (κ3) is 4.19. The van der Waals surface area contributed by atoms with Crippen molar-refractivity contribution in [2.75, 3.05) is 6.61 Å². The van der Waals surface area contributed by atoms with Crippen LogP contribution in [0.5, 0.6) is 0 Å². The highest BCUT2D eigenvalue weighted by atomic mass is 16.3. The first-order valence-electron chi connectivity index (χ1n) is 8.76. The molecule has 26 heavy (non-hydrogen) atoms. The lowest BCUT2D eigenvalue weighted by atomic mass is 9.95. The summed E-state index contributed by atoms with van der Waals surface area (Å²) >= 11 is 0. The van der Waals surface area contributed by atoms with E-state index in [9.17, 15) is 9.90 Å². The minimum absolute atomic E-state index is 0.187. The van der Waals surface area contributed by atoms with E-state index in [1.54, 1.807) is 0 Å². The molecule has 0 aliphatic carbocycles. The molecule has 0 radical (unpaired) electrons. The molecule has 2 unspecified atom stereocenters. The normalized spacial score (nSPS) is 13.0. The average molecular weight is 345 g/mol. The minimum Gasteiger partial charge on any atom is -0.395 e. The topological polar surface area (TPSA) is 49.3 Å². The minimum atomic E-state index is -0.590. The van der Waals surface area contributed by atoms with Gasteiger partial charge in [-0.05, 0) is 23.6 Å². The number of benzene rings is 3. The highest BCUT2D eigenvalue weighted by molar-refractivity contribution is 5.84. The zero-order valence-electron chi connectivity index (χ0n) is 14.8. The van der Waals surface area contributed by atoms with E-state index in [0.717, 1.165) is 16.7 Å². The number of nitrogens with one attached hydrogen (secondary N) is 1. The summed E-state index contributed by atoms with van der Waals surface area (Å²) in [4.78, 5) is 12.9. The predicted octanol–water partition coefficient (Wildman–Crippen LogP) is 3.98. The lowest BCUT2D eigenvalue weighted by molar-refractivity contribution is -0.123. The Morgan fingerprint density at radius 1 is 0.808 bits per heavy atom. The van der Waals surface area contributed by atoms with Gasteiger partial charge in [-0.2, -0.15) is 0 Å². The first-order valence-corrected chi connectivity index (χ1v) is 8.76. The molecule has 0 aliphatic heterocycles. The standard InChI is InChI=1S/C23H23NO2/c1-17-12-14-20(15-13-17)22(19-10-6-3-7-11-19)24-23(26)21(16-25)18-8-4-2-5-9-18/h2-15,21-22,25H,16H2,1H3,(H,24,26). The Hall–Kier alpha value is -2.91. The number of aliphatic hydroxyl groups excluding tert-OH is 1. The highest BCUT2D eigenvalue weighted by Crippen LogP contribution is 2.24. The second-order valence-electron chi connectivity index (χ2n) is 6.41. The Morgan fingerprint density at radius 3 is 1.85 bits per heavy atom. The van der Waals surface area contributed by atoms with Crippen LogP contribution in [0.15, 0.2) is 84.9 Å². The maximum absolute atomic E-state index is 12.9. The van der Waals surface area contributed by atoms with Crippen molar-refractivity contribution < 1.29 is 9.90 Å². The van der Waals surface area contributed by atoms with Gasteiger partial charge in [-0.1, -0.05) is 90.5 Å². The van der Waals surface area contributed by atoms with Gasteiger partial charge in [0, 0.05) is 0 Å². The second kappa shape index (κ2) is 8.45. The maximum Gasteiger partial charge on any atom is 0.230 e. The summed E-state index contributed by atoms with van der Waals surface area (Å²) in [6.07, 6.45) is 0. The SMILES string of the molecule is Cc1ccc(C(NC(=O)C(CO)c2ccccc2)c2ccccc2)cc1. The summed E-state index contributed by atoms with van der Waals surface area (Å²) in [6.45, 7) is 1.81. The van der Waals surface area contributed by atoms with Crippen LogP contribution < -0.4 is 5.32 Å². The van der Waals surface area contributed by atoms with Gasteiger partial charge in [0.15, 0.2) is 0 Å². The molecule has 2 atom stereocenters. The lowest BCUT2D eigenvalue weighted by Crippen LogP contribution is -2.35. The van der Waals surface area contributed by atoms with Crippen molar-refractivity contribution in [2.24, 2.45) is 0 Å². The molecule has 3 aromatic carbocycles. The van der Waals surface area contributed by atoms with Crippen LogP contribution in [0.1, 0.15) is 34.2 Å². The average Bonchev–Trinajstić information content (AvgIpc) is 2.69. The molecule has 2 N–H and O–H groups in total. The Labute approximate surface area is 154 Å². The Morgan fingerprint density at radius 2 is 1.31 bits per heavy atom. The van der Waals surface area contributed by atoms with Crippen LogP contribution in [0.3, 0.4) is 0 Å². The highest BCUT2D eigenvalue weighted by Gasteiger charge is 2.24. The van der Waals surface area contributed by atoms with Gasteiger partial charge in [-0.15, -0.1) is 0 Å². The van der Waals surface area contributed by atoms with Crippen LogP contribution in [0, 0.1) is 6.92 Å². The van der Waals surface area contributed by atoms with Gasteiger partial charge in [0.1, 0.15) is 0 Å². The molecule has 0 saturated carbocycles. The summed E-state index contributed by atoms with van der Waals surface area (Å²) in [6, 6.07) is 27.1. The first-order chi connectivity index (χ1) is 12.7. The van der Waals surface area contributed by atoms with E-state index in [4.69, 9.17) is 0 Å². The van der Waals surface area contributed by atoms with Crippen molar-refractivity contribution in [1.29, 1.82) is 0 Å². The Bertz CT molecular complexity index is 829. The number of hydrogen-bond acceptors (Lipinski definition) is 2. The molecule has 3 aromatic rings.